The lowest BCUT2D eigenvalue weighted by molar-refractivity contribution is -0.170. The molecule has 0 saturated heterocycles. The minimum Gasteiger partial charge on any atom is -0.384 e. The number of benzene rings is 1. The molecule has 1 rings (SSSR count). The van der Waals surface area contributed by atoms with Crippen molar-refractivity contribution in [2.24, 2.45) is 0 Å². The van der Waals surface area contributed by atoms with Crippen LogP contribution in [0.3, 0.4) is 0 Å². The van der Waals surface area contributed by atoms with Crippen molar-refractivity contribution in [3.8, 4) is 0 Å². The Bertz CT molecular complexity index is 406. The molecule has 0 aliphatic rings. The van der Waals surface area contributed by atoms with Gasteiger partial charge >= 0.3 is 5.92 Å². The van der Waals surface area contributed by atoms with E-state index in [1.165, 1.54) is 12.1 Å². The molecule has 1 aromatic rings. The van der Waals surface area contributed by atoms with Gasteiger partial charge in [-0.1, -0.05) is 39.8 Å². The summed E-state index contributed by atoms with van der Waals surface area (Å²) in [4.78, 5) is 0. The van der Waals surface area contributed by atoms with E-state index >= 15 is 0 Å². The van der Waals surface area contributed by atoms with Gasteiger partial charge < -0.3 is 5.11 Å². The highest BCUT2D eigenvalue weighted by Crippen LogP contribution is 2.41. The zero-order chi connectivity index (χ0) is 15.4. The van der Waals surface area contributed by atoms with E-state index in [0.29, 0.717) is 0 Å². The summed E-state index contributed by atoms with van der Waals surface area (Å²) < 4.78 is 41.7. The maximum atomic E-state index is 14.0. The van der Waals surface area contributed by atoms with Gasteiger partial charge in [0.1, 0.15) is 11.4 Å². The predicted octanol–water partition coefficient (Wildman–Crippen LogP) is 4.84. The minimum atomic E-state index is -3.62. The van der Waals surface area contributed by atoms with Crippen LogP contribution in [0, 0.1) is 5.82 Å². The molecule has 0 aliphatic heterocycles. The molecule has 0 spiro atoms. The van der Waals surface area contributed by atoms with Crippen LogP contribution >= 0.6 is 0 Å². The van der Waals surface area contributed by atoms with E-state index in [0.717, 1.165) is 19.9 Å². The van der Waals surface area contributed by atoms with E-state index in [-0.39, 0.29) is 11.5 Å². The first-order valence-electron chi connectivity index (χ1n) is 6.48. The molecule has 0 radical (unpaired) electrons. The van der Waals surface area contributed by atoms with Crippen molar-refractivity contribution in [2.75, 3.05) is 0 Å². The molecule has 110 valence electrons. The topological polar surface area (TPSA) is 20.2 Å². The van der Waals surface area contributed by atoms with E-state index in [4.69, 9.17) is 0 Å². The van der Waals surface area contributed by atoms with Crippen molar-refractivity contribution in [3.05, 3.63) is 35.1 Å². The number of rotatable bonds is 3. The fraction of sp³-hybridized carbons (Fsp3) is 0.600. The van der Waals surface area contributed by atoms with Crippen LogP contribution in [-0.4, -0.2) is 10.7 Å². The maximum Gasteiger partial charge on any atom is 0.303 e. The Labute approximate surface area is 113 Å². The molecule has 4 heteroatoms. The molecule has 19 heavy (non-hydrogen) atoms. The molecule has 0 saturated carbocycles. The van der Waals surface area contributed by atoms with Gasteiger partial charge in [-0.2, -0.15) is 8.78 Å². The van der Waals surface area contributed by atoms with Gasteiger partial charge in [-0.15, -0.1) is 0 Å². The molecular formula is C15H23F3O. The maximum absolute atomic E-state index is 14.0. The van der Waals surface area contributed by atoms with E-state index in [1.54, 1.807) is 13.8 Å². The van der Waals surface area contributed by atoms with Gasteiger partial charge in [-0.3, -0.25) is 0 Å². The minimum absolute atomic E-state index is 0.187. The Hall–Kier alpha value is -1.03. The molecule has 0 atom stereocenters. The molecular weight excluding hydrogens is 253 g/mol. The smallest absolute Gasteiger partial charge is 0.303 e. The average molecular weight is 276 g/mol. The van der Waals surface area contributed by atoms with Crippen LogP contribution in [0.2, 0.25) is 0 Å². The van der Waals surface area contributed by atoms with Crippen molar-refractivity contribution in [3.63, 3.8) is 0 Å². The van der Waals surface area contributed by atoms with Crippen LogP contribution in [0.4, 0.5) is 13.2 Å². The lowest BCUT2D eigenvalue weighted by atomic mass is 9.90. The Morgan fingerprint density at radius 2 is 1.58 bits per heavy atom. The number of hydrogen-bond acceptors (Lipinski definition) is 1. The molecule has 1 N–H and O–H groups in total. The van der Waals surface area contributed by atoms with Gasteiger partial charge in [-0.05, 0) is 31.4 Å². The molecule has 0 unspecified atom stereocenters. The van der Waals surface area contributed by atoms with Crippen LogP contribution in [-0.2, 0) is 5.92 Å². The Balaban J connectivity index is 0.00000154. The summed E-state index contributed by atoms with van der Waals surface area (Å²) >= 11 is 0. The van der Waals surface area contributed by atoms with E-state index in [1.807, 2.05) is 13.8 Å². The molecule has 0 aliphatic carbocycles. The Morgan fingerprint density at radius 1 is 1.11 bits per heavy atom. The van der Waals surface area contributed by atoms with Gasteiger partial charge in [0.05, 0.1) is 5.56 Å². The van der Waals surface area contributed by atoms with Gasteiger partial charge in [0.2, 0.25) is 0 Å². The van der Waals surface area contributed by atoms with Crippen LogP contribution < -0.4 is 0 Å². The highest BCUT2D eigenvalue weighted by Gasteiger charge is 2.49. The number of halogens is 3. The van der Waals surface area contributed by atoms with Crippen molar-refractivity contribution < 1.29 is 18.3 Å². The number of alkyl halides is 2. The van der Waals surface area contributed by atoms with Crippen molar-refractivity contribution in [1.82, 2.24) is 0 Å². The van der Waals surface area contributed by atoms with Crippen molar-refractivity contribution in [2.45, 2.75) is 59.0 Å². The van der Waals surface area contributed by atoms with Gasteiger partial charge in [-0.25, -0.2) is 4.39 Å². The fourth-order valence-corrected chi connectivity index (χ4v) is 1.57. The number of hydrogen-bond donors (Lipinski definition) is 1. The van der Waals surface area contributed by atoms with Crippen molar-refractivity contribution in [1.29, 1.82) is 0 Å². The molecule has 1 nitrogen and oxygen atoms in total. The summed E-state index contributed by atoms with van der Waals surface area (Å²) in [5, 5.41) is 9.44. The monoisotopic (exact) mass is 276 g/mol. The third-order valence-corrected chi connectivity index (χ3v) is 2.76. The second kappa shape index (κ2) is 6.42. The van der Waals surface area contributed by atoms with Crippen LogP contribution in [0.15, 0.2) is 18.2 Å². The summed E-state index contributed by atoms with van der Waals surface area (Å²) in [6.07, 6.45) is 0. The third kappa shape index (κ3) is 3.72. The third-order valence-electron chi connectivity index (χ3n) is 2.76. The second-order valence-electron chi connectivity index (χ2n) is 5.00. The second-order valence-corrected chi connectivity index (χ2v) is 5.00. The lowest BCUT2D eigenvalue weighted by Gasteiger charge is -2.30. The molecule has 1 aromatic carbocycles. The largest absolute Gasteiger partial charge is 0.384 e. The highest BCUT2D eigenvalue weighted by molar-refractivity contribution is 5.32. The van der Waals surface area contributed by atoms with Crippen LogP contribution in [0.25, 0.3) is 0 Å². The summed E-state index contributed by atoms with van der Waals surface area (Å²) in [6, 6.07) is 3.87. The fourth-order valence-electron chi connectivity index (χ4n) is 1.57. The Morgan fingerprint density at radius 3 is 1.95 bits per heavy atom. The van der Waals surface area contributed by atoms with E-state index in [9.17, 15) is 18.3 Å². The first-order chi connectivity index (χ1) is 8.59. The first-order valence-corrected chi connectivity index (χ1v) is 6.48. The molecule has 0 heterocycles. The summed E-state index contributed by atoms with van der Waals surface area (Å²) in [5.41, 5.74) is -2.83. The Kier molecular flexibility index (Phi) is 6.07. The van der Waals surface area contributed by atoms with E-state index in [2.05, 4.69) is 0 Å². The highest BCUT2D eigenvalue weighted by atomic mass is 19.3. The predicted molar refractivity (Wildman–Crippen MR) is 72.0 cm³/mol. The average Bonchev–Trinajstić information content (AvgIpc) is 2.29. The normalized spacial score (nSPS) is 12.2. The quantitative estimate of drug-likeness (QED) is 0.837. The number of aliphatic hydroxyl groups is 1. The van der Waals surface area contributed by atoms with Crippen molar-refractivity contribution >= 4 is 0 Å². The zero-order valence-electron chi connectivity index (χ0n) is 12.4. The van der Waals surface area contributed by atoms with Gasteiger partial charge in [0.25, 0.3) is 0 Å². The molecule has 0 aromatic heterocycles. The lowest BCUT2D eigenvalue weighted by Crippen LogP contribution is -2.41. The van der Waals surface area contributed by atoms with E-state index < -0.39 is 22.9 Å². The summed E-state index contributed by atoms with van der Waals surface area (Å²) in [6.45, 7) is 9.39. The molecule has 0 bridgehead atoms. The zero-order valence-corrected chi connectivity index (χ0v) is 12.4. The molecule has 0 amide bonds. The molecule has 0 fully saturated rings. The van der Waals surface area contributed by atoms with Gasteiger partial charge in [0.15, 0.2) is 0 Å². The summed E-state index contributed by atoms with van der Waals surface area (Å²) in [7, 11) is 0. The van der Waals surface area contributed by atoms with Crippen LogP contribution in [0.5, 0.6) is 0 Å². The standard InChI is InChI=1S/C13H17F3O.C2H6/c1-8(2)9-6-5-7-10(11(9)14)13(15,16)12(3,4)17;1-2/h5-8,17H,1-4H3;1-2H3. The summed E-state index contributed by atoms with van der Waals surface area (Å²) in [5.74, 6) is -4.75. The van der Waals surface area contributed by atoms with Crippen LogP contribution in [0.1, 0.15) is 58.6 Å². The SMILES string of the molecule is CC.CC(C)c1cccc(C(F)(F)C(C)(C)O)c1F. The first kappa shape index (κ1) is 18.0. The van der Waals surface area contributed by atoms with Gasteiger partial charge in [0, 0.05) is 0 Å².